The van der Waals surface area contributed by atoms with E-state index in [4.69, 9.17) is 0 Å². The summed E-state index contributed by atoms with van der Waals surface area (Å²) in [5.41, 5.74) is 0. The van der Waals surface area contributed by atoms with Gasteiger partial charge in [-0.05, 0) is 0 Å². The van der Waals surface area contributed by atoms with Crippen molar-refractivity contribution in [3.05, 3.63) is 0 Å². The monoisotopic (exact) mass is 288 g/mol. The molecule has 0 aromatic heterocycles. The van der Waals surface area contributed by atoms with Crippen molar-refractivity contribution in [1.82, 2.24) is 0 Å². The second-order valence-corrected chi connectivity index (χ2v) is 0. The van der Waals surface area contributed by atoms with E-state index in [-0.39, 0.29) is 80.6 Å². The Hall–Kier alpha value is 2.57. The first kappa shape index (κ1) is 30.8. The molecule has 0 aliphatic rings. The average Bonchev–Trinajstić information content (AvgIpc) is 0. The first-order valence-electron chi connectivity index (χ1n) is 0. The molecule has 0 nitrogen and oxygen atoms in total. The van der Waals surface area contributed by atoms with E-state index in [1.807, 2.05) is 0 Å². The quantitative estimate of drug-likeness (QED) is 0.550. The maximum absolute atomic E-state index is 0. The summed E-state index contributed by atoms with van der Waals surface area (Å²) in [6.45, 7) is 0. The third-order valence-corrected chi connectivity index (χ3v) is 0. The fourth-order valence-corrected chi connectivity index (χ4v) is 0. The summed E-state index contributed by atoms with van der Waals surface area (Å²) >= 11 is 0. The predicted molar refractivity (Wildman–Crippen MR) is 0 cm³/mol. The van der Waals surface area contributed by atoms with Crippen molar-refractivity contribution in [2.45, 2.75) is 0 Å². The maximum Gasteiger partial charge on any atom is 0 e. The average molecular weight is 288 g/mol. The Morgan fingerprint density at radius 3 is 1.00 bits per heavy atom. The molecule has 0 heterocycles. The summed E-state index contributed by atoms with van der Waals surface area (Å²) in [4.78, 5) is 0. The van der Waals surface area contributed by atoms with E-state index in [1.54, 1.807) is 0 Å². The molecule has 0 saturated carbocycles. The Morgan fingerprint density at radius 2 is 1.00 bits per heavy atom. The van der Waals surface area contributed by atoms with Gasteiger partial charge in [-0.15, -0.1) is 0 Å². The van der Waals surface area contributed by atoms with E-state index in [1.165, 1.54) is 0 Å². The zero-order valence-corrected chi connectivity index (χ0v) is 11.4. The van der Waals surface area contributed by atoms with Gasteiger partial charge >= 0.3 is 0 Å². The number of hydrogen-bond donors (Lipinski definition) is 0. The first-order valence-corrected chi connectivity index (χ1v) is 0. The molecule has 0 unspecified atom stereocenters. The number of rotatable bonds is 0. The van der Waals surface area contributed by atoms with Gasteiger partial charge in [0.25, 0.3) is 0 Å². The second-order valence-electron chi connectivity index (χ2n) is 0. The Bertz CT molecular complexity index is 8.00. The van der Waals surface area contributed by atoms with Crippen LogP contribution in [-0.2, 0) is 80.6 Å². The summed E-state index contributed by atoms with van der Waals surface area (Å²) in [6, 6.07) is 0. The normalized spacial score (nSPS) is 0. The summed E-state index contributed by atoms with van der Waals surface area (Å²) in [5.74, 6) is 0. The zero-order valence-electron chi connectivity index (χ0n) is 2.14. The van der Waals surface area contributed by atoms with Crippen LogP contribution in [0.3, 0.4) is 0 Å². The summed E-state index contributed by atoms with van der Waals surface area (Å²) in [6.07, 6.45) is 0. The van der Waals surface area contributed by atoms with E-state index in [9.17, 15) is 0 Å². The largest absolute Gasteiger partial charge is 0 e. The summed E-state index contributed by atoms with van der Waals surface area (Å²) in [5, 5.41) is 0. The molecule has 4 heavy (non-hydrogen) atoms. The molecule has 0 aliphatic heterocycles. The van der Waals surface area contributed by atoms with Gasteiger partial charge in [0.05, 0.1) is 0 Å². The maximum atomic E-state index is 0. The fraction of sp³-hybridized carbons (Fsp3) is 0. The molecule has 0 saturated heterocycles. The van der Waals surface area contributed by atoms with Gasteiger partial charge in [-0.3, -0.25) is 0 Å². The van der Waals surface area contributed by atoms with Gasteiger partial charge in [0, 0.05) is 80.6 Å². The Morgan fingerprint density at radius 1 is 1.00 bits per heavy atom. The Kier molecular flexibility index (Phi) is 136. The Labute approximate surface area is 79.5 Å². The topological polar surface area (TPSA) is 0 Å². The summed E-state index contributed by atoms with van der Waals surface area (Å²) in [7, 11) is 0. The molecular weight excluding hydrogens is 288 g/mol. The molecule has 0 rings (SSSR count). The van der Waals surface area contributed by atoms with Crippen LogP contribution >= 0.6 is 0 Å². The van der Waals surface area contributed by atoms with Crippen molar-refractivity contribution in [2.24, 2.45) is 0 Å². The van der Waals surface area contributed by atoms with Crippen LogP contribution in [0.2, 0.25) is 0 Å². The van der Waals surface area contributed by atoms with Crippen LogP contribution in [0.4, 0.5) is 0 Å². The predicted octanol–water partition coefficient (Wildman–Crippen LogP) is -0.0100. The molecule has 0 aliphatic carbocycles. The van der Waals surface area contributed by atoms with Gasteiger partial charge < -0.3 is 0 Å². The van der Waals surface area contributed by atoms with E-state index in [2.05, 4.69) is 0 Å². The summed E-state index contributed by atoms with van der Waals surface area (Å²) < 4.78 is 0. The van der Waals surface area contributed by atoms with Crippen molar-refractivity contribution in [2.75, 3.05) is 0 Å². The third-order valence-electron chi connectivity index (χ3n) is 0. The SMILES string of the molecule is [Cd].[Cr].[Ni].[Zn]. The number of hydrogen-bond acceptors (Lipinski definition) is 0. The molecule has 0 N–H and O–H groups in total. The molecule has 0 aromatic rings. The Balaban J connectivity index is 0. The minimum absolute atomic E-state index is 0. The van der Waals surface area contributed by atoms with Crippen LogP contribution in [-0.4, -0.2) is 0 Å². The van der Waals surface area contributed by atoms with Crippen LogP contribution in [0.5, 0.6) is 0 Å². The van der Waals surface area contributed by atoms with Crippen molar-refractivity contribution in [3.8, 4) is 0 Å². The molecule has 0 fully saturated rings. The van der Waals surface area contributed by atoms with Crippen molar-refractivity contribution < 1.29 is 80.6 Å². The van der Waals surface area contributed by atoms with Gasteiger partial charge in [0.2, 0.25) is 0 Å². The second kappa shape index (κ2) is 17.6. The van der Waals surface area contributed by atoms with Crippen LogP contribution in [0.25, 0.3) is 0 Å². The van der Waals surface area contributed by atoms with Crippen LogP contribution in [0, 0.1) is 0 Å². The van der Waals surface area contributed by atoms with Crippen LogP contribution in [0.1, 0.15) is 0 Å². The molecule has 0 amide bonds. The van der Waals surface area contributed by atoms with Crippen LogP contribution < -0.4 is 0 Å². The van der Waals surface area contributed by atoms with Crippen molar-refractivity contribution in [3.63, 3.8) is 0 Å². The van der Waals surface area contributed by atoms with Crippen molar-refractivity contribution in [1.29, 1.82) is 0 Å². The molecular formula is CdCrNiZn. The zero-order chi connectivity index (χ0) is 0. The van der Waals surface area contributed by atoms with E-state index in [0.29, 0.717) is 0 Å². The molecule has 0 aromatic carbocycles. The van der Waals surface area contributed by atoms with Gasteiger partial charge in [-0.1, -0.05) is 0 Å². The van der Waals surface area contributed by atoms with Gasteiger partial charge in [0.15, 0.2) is 0 Å². The first-order chi connectivity index (χ1) is 0. The molecule has 20 valence electrons. The molecule has 0 spiro atoms. The molecule has 0 bridgehead atoms. The van der Waals surface area contributed by atoms with Gasteiger partial charge in [-0.25, -0.2) is 0 Å². The molecule has 4 heteroatoms. The van der Waals surface area contributed by atoms with Gasteiger partial charge in [0.1, 0.15) is 0 Å². The van der Waals surface area contributed by atoms with E-state index >= 15 is 0 Å². The van der Waals surface area contributed by atoms with E-state index in [0.717, 1.165) is 0 Å². The fourth-order valence-electron chi connectivity index (χ4n) is 0. The third kappa shape index (κ3) is 8.82. The van der Waals surface area contributed by atoms with Gasteiger partial charge in [-0.2, -0.15) is 0 Å². The minimum atomic E-state index is 0. The van der Waals surface area contributed by atoms with Crippen LogP contribution in [0.15, 0.2) is 0 Å². The molecule has 0 atom stereocenters. The standard InChI is InChI=1S/Cd.Cr.Ni.Zn. The van der Waals surface area contributed by atoms with E-state index < -0.39 is 0 Å². The minimum Gasteiger partial charge on any atom is 0 e. The van der Waals surface area contributed by atoms with Crippen molar-refractivity contribution >= 4 is 0 Å². The molecule has 0 radical (unpaired) electrons. The smallest absolute Gasteiger partial charge is 0 e.